The fourth-order valence-electron chi connectivity index (χ4n) is 3.46. The maximum atomic E-state index is 12.5. The van der Waals surface area contributed by atoms with Crippen LogP contribution in [-0.4, -0.2) is 41.4 Å². The van der Waals surface area contributed by atoms with Crippen molar-refractivity contribution in [1.29, 1.82) is 0 Å². The Balaban J connectivity index is 2.05. The number of pyridine rings is 1. The molecular weight excluding hydrogens is 362 g/mol. The van der Waals surface area contributed by atoms with Crippen molar-refractivity contribution in [3.63, 3.8) is 0 Å². The molecule has 6 nitrogen and oxygen atoms in total. The lowest BCUT2D eigenvalue weighted by Gasteiger charge is -2.24. The third kappa shape index (κ3) is 4.51. The van der Waals surface area contributed by atoms with Gasteiger partial charge >= 0.3 is 0 Å². The molecule has 3 heterocycles. The molecule has 0 spiro atoms. The predicted molar refractivity (Wildman–Crippen MR) is 107 cm³/mol. The highest BCUT2D eigenvalue weighted by molar-refractivity contribution is 7.92. The molecule has 1 fully saturated rings. The Morgan fingerprint density at radius 1 is 1.26 bits per heavy atom. The average molecular weight is 394 g/mol. The average Bonchev–Trinajstić information content (AvgIpc) is 2.90. The normalized spacial score (nSPS) is 17.1. The van der Waals surface area contributed by atoms with Crippen LogP contribution >= 0.6 is 0 Å². The summed E-state index contributed by atoms with van der Waals surface area (Å²) in [6.45, 7) is 12.4. The van der Waals surface area contributed by atoms with Gasteiger partial charge in [0.15, 0.2) is 15.5 Å². The Morgan fingerprint density at radius 2 is 1.93 bits per heavy atom. The number of sulfone groups is 1. The summed E-state index contributed by atoms with van der Waals surface area (Å²) in [7, 11) is -3.36. The molecule has 0 atom stereocenters. The first-order valence-corrected chi connectivity index (χ1v) is 11.3. The first kappa shape index (κ1) is 20.3. The van der Waals surface area contributed by atoms with Crippen LogP contribution in [0.2, 0.25) is 0 Å². The number of hydrogen-bond acceptors (Lipinski definition) is 5. The van der Waals surface area contributed by atoms with Gasteiger partial charge in [-0.1, -0.05) is 20.8 Å². The summed E-state index contributed by atoms with van der Waals surface area (Å²) >= 11 is 0. The highest BCUT2D eigenvalue weighted by Gasteiger charge is 2.25. The van der Waals surface area contributed by atoms with Gasteiger partial charge in [0.2, 0.25) is 0 Å². The summed E-state index contributed by atoms with van der Waals surface area (Å²) in [5.74, 6) is 1.52. The van der Waals surface area contributed by atoms with Gasteiger partial charge in [-0.05, 0) is 44.1 Å². The molecule has 0 bridgehead atoms. The molecule has 1 aliphatic heterocycles. The summed E-state index contributed by atoms with van der Waals surface area (Å²) in [6, 6.07) is 1.68. The van der Waals surface area contributed by atoms with Crippen molar-refractivity contribution in [2.45, 2.75) is 70.6 Å². The molecule has 0 amide bonds. The second-order valence-electron chi connectivity index (χ2n) is 9.04. The Labute approximate surface area is 162 Å². The standard InChI is InChI=1S/C20H31N3O3S/c1-14(2)27(24,25)16-10-17-19(21-12-16)23(13-15-6-8-26-9-7-15)18(22-17)11-20(3,4)5/h10,12,14-15H,6-9,11,13H2,1-5H3. The van der Waals surface area contributed by atoms with E-state index in [9.17, 15) is 8.42 Å². The zero-order valence-electron chi connectivity index (χ0n) is 17.0. The predicted octanol–water partition coefficient (Wildman–Crippen LogP) is 3.63. The second-order valence-corrected chi connectivity index (χ2v) is 11.5. The van der Waals surface area contributed by atoms with E-state index in [0.717, 1.165) is 50.5 Å². The lowest BCUT2D eigenvalue weighted by atomic mass is 9.91. The highest BCUT2D eigenvalue weighted by atomic mass is 32.2. The minimum Gasteiger partial charge on any atom is -0.381 e. The molecule has 1 saturated heterocycles. The molecule has 0 N–H and O–H groups in total. The second kappa shape index (κ2) is 7.51. The van der Waals surface area contributed by atoms with E-state index in [1.807, 2.05) is 0 Å². The molecule has 7 heteroatoms. The van der Waals surface area contributed by atoms with Gasteiger partial charge in [-0.15, -0.1) is 0 Å². The number of hydrogen-bond donors (Lipinski definition) is 0. The van der Waals surface area contributed by atoms with Crippen LogP contribution in [0, 0.1) is 11.3 Å². The zero-order valence-corrected chi connectivity index (χ0v) is 17.8. The third-order valence-corrected chi connectivity index (χ3v) is 7.18. The minimum atomic E-state index is -3.36. The van der Waals surface area contributed by atoms with Crippen LogP contribution < -0.4 is 0 Å². The molecule has 0 aromatic carbocycles. The lowest BCUT2D eigenvalue weighted by molar-refractivity contribution is 0.0612. The molecule has 0 saturated carbocycles. The number of nitrogens with zero attached hydrogens (tertiary/aromatic N) is 3. The topological polar surface area (TPSA) is 74.1 Å². The Hall–Kier alpha value is -1.47. The summed E-state index contributed by atoms with van der Waals surface area (Å²) in [5.41, 5.74) is 1.54. The van der Waals surface area contributed by atoms with E-state index in [0.29, 0.717) is 11.4 Å². The van der Waals surface area contributed by atoms with E-state index in [1.54, 1.807) is 19.9 Å². The van der Waals surface area contributed by atoms with Crippen LogP contribution in [0.5, 0.6) is 0 Å². The number of fused-ring (bicyclic) bond motifs is 1. The number of aromatic nitrogens is 3. The van der Waals surface area contributed by atoms with Crippen molar-refractivity contribution >= 4 is 21.0 Å². The number of rotatable bonds is 5. The maximum absolute atomic E-state index is 12.5. The quantitative estimate of drug-likeness (QED) is 0.775. The van der Waals surface area contributed by atoms with E-state index < -0.39 is 15.1 Å². The Bertz CT molecular complexity index is 904. The van der Waals surface area contributed by atoms with E-state index >= 15 is 0 Å². The van der Waals surface area contributed by atoms with E-state index in [-0.39, 0.29) is 10.3 Å². The fourth-order valence-corrected chi connectivity index (χ4v) is 4.48. The summed E-state index contributed by atoms with van der Waals surface area (Å²) < 4.78 is 32.7. The van der Waals surface area contributed by atoms with Crippen molar-refractivity contribution < 1.29 is 13.2 Å². The van der Waals surface area contributed by atoms with E-state index in [4.69, 9.17) is 9.72 Å². The van der Waals surface area contributed by atoms with Crippen LogP contribution in [0.15, 0.2) is 17.2 Å². The number of ether oxygens (including phenoxy) is 1. The van der Waals surface area contributed by atoms with Crippen molar-refractivity contribution in [3.05, 3.63) is 18.1 Å². The molecule has 2 aromatic rings. The Morgan fingerprint density at radius 3 is 2.52 bits per heavy atom. The molecule has 3 rings (SSSR count). The molecule has 150 valence electrons. The molecule has 1 aliphatic rings. The van der Waals surface area contributed by atoms with Gasteiger partial charge in [0.1, 0.15) is 11.3 Å². The van der Waals surface area contributed by atoms with Crippen molar-refractivity contribution in [2.24, 2.45) is 11.3 Å². The monoisotopic (exact) mass is 393 g/mol. The fraction of sp³-hybridized carbons (Fsp3) is 0.700. The smallest absolute Gasteiger partial charge is 0.182 e. The molecular formula is C20H31N3O3S. The van der Waals surface area contributed by atoms with Crippen LogP contribution in [0.3, 0.4) is 0 Å². The van der Waals surface area contributed by atoms with Gasteiger partial charge < -0.3 is 9.30 Å². The van der Waals surface area contributed by atoms with Crippen molar-refractivity contribution in [1.82, 2.24) is 14.5 Å². The van der Waals surface area contributed by atoms with Gasteiger partial charge in [-0.25, -0.2) is 18.4 Å². The largest absolute Gasteiger partial charge is 0.381 e. The zero-order chi connectivity index (χ0) is 19.8. The van der Waals surface area contributed by atoms with Crippen LogP contribution in [-0.2, 0) is 27.5 Å². The molecule has 27 heavy (non-hydrogen) atoms. The van der Waals surface area contributed by atoms with Crippen molar-refractivity contribution in [3.8, 4) is 0 Å². The Kier molecular flexibility index (Phi) is 5.64. The summed E-state index contributed by atoms with van der Waals surface area (Å²) in [6.07, 6.45) is 4.38. The first-order valence-electron chi connectivity index (χ1n) is 9.75. The van der Waals surface area contributed by atoms with Gasteiger partial charge in [0.25, 0.3) is 0 Å². The third-order valence-electron chi connectivity index (χ3n) is 5.06. The SMILES string of the molecule is CC(C)S(=O)(=O)c1cnc2c(c1)nc(CC(C)(C)C)n2CC1CCOCC1. The van der Waals surface area contributed by atoms with Crippen molar-refractivity contribution in [2.75, 3.05) is 13.2 Å². The number of imidazole rings is 1. The summed E-state index contributed by atoms with van der Waals surface area (Å²) in [5, 5.41) is -0.477. The molecule has 2 aromatic heterocycles. The van der Waals surface area contributed by atoms with Crippen LogP contribution in [0.4, 0.5) is 0 Å². The van der Waals surface area contributed by atoms with Gasteiger partial charge in [-0.2, -0.15) is 0 Å². The molecule has 0 aliphatic carbocycles. The minimum absolute atomic E-state index is 0.0850. The van der Waals surface area contributed by atoms with Gasteiger partial charge in [0.05, 0.1) is 10.1 Å². The molecule has 0 radical (unpaired) electrons. The first-order chi connectivity index (χ1) is 12.6. The lowest BCUT2D eigenvalue weighted by Crippen LogP contribution is -2.23. The van der Waals surface area contributed by atoms with Crippen LogP contribution in [0.1, 0.15) is 53.3 Å². The molecule has 0 unspecified atom stereocenters. The highest BCUT2D eigenvalue weighted by Crippen LogP contribution is 2.27. The summed E-state index contributed by atoms with van der Waals surface area (Å²) in [4.78, 5) is 9.59. The van der Waals surface area contributed by atoms with Gasteiger partial charge in [0, 0.05) is 32.4 Å². The van der Waals surface area contributed by atoms with E-state index in [2.05, 4.69) is 30.3 Å². The van der Waals surface area contributed by atoms with Crippen LogP contribution in [0.25, 0.3) is 11.2 Å². The van der Waals surface area contributed by atoms with E-state index in [1.165, 1.54) is 6.20 Å². The maximum Gasteiger partial charge on any atom is 0.182 e. The van der Waals surface area contributed by atoms with Gasteiger partial charge in [-0.3, -0.25) is 0 Å².